The van der Waals surface area contributed by atoms with E-state index in [1.807, 2.05) is 26.8 Å². The molecule has 0 aliphatic heterocycles. The summed E-state index contributed by atoms with van der Waals surface area (Å²) in [7, 11) is 0. The Morgan fingerprint density at radius 1 is 1.45 bits per heavy atom. The lowest BCUT2D eigenvalue weighted by Crippen LogP contribution is -2.26. The van der Waals surface area contributed by atoms with Gasteiger partial charge in [0.1, 0.15) is 0 Å². The highest BCUT2D eigenvalue weighted by Gasteiger charge is 2.16. The van der Waals surface area contributed by atoms with Gasteiger partial charge in [0.15, 0.2) is 0 Å². The average Bonchev–Trinajstić information content (AvgIpc) is 2.71. The molecule has 0 spiro atoms. The number of nitrogens with one attached hydrogen (secondary N) is 1. The highest BCUT2D eigenvalue weighted by molar-refractivity contribution is 14.1. The van der Waals surface area contributed by atoms with Gasteiger partial charge in [-0.1, -0.05) is 11.6 Å². The maximum absolute atomic E-state index is 12.2. The normalized spacial score (nSPS) is 12.2. The van der Waals surface area contributed by atoms with Crippen molar-refractivity contribution >= 4 is 51.4 Å². The summed E-state index contributed by atoms with van der Waals surface area (Å²) in [6.07, 6.45) is 0. The van der Waals surface area contributed by atoms with Crippen molar-refractivity contribution in [2.24, 2.45) is 0 Å². The van der Waals surface area contributed by atoms with E-state index in [1.54, 1.807) is 23.5 Å². The van der Waals surface area contributed by atoms with Crippen molar-refractivity contribution in [1.82, 2.24) is 10.3 Å². The number of nitrogens with zero attached hydrogens (tertiary/aromatic N) is 1. The Balaban J connectivity index is 2.15. The Hall–Kier alpha value is -0.660. The number of halogens is 2. The van der Waals surface area contributed by atoms with Crippen LogP contribution in [0.25, 0.3) is 0 Å². The third-order valence-electron chi connectivity index (χ3n) is 2.86. The molecule has 2 aromatic rings. The Bertz CT molecular complexity index is 657. The van der Waals surface area contributed by atoms with Crippen LogP contribution in [0, 0.1) is 17.4 Å². The number of benzene rings is 1. The standard InChI is InChI=1S/C14H14ClIN2OS/c1-7-13(20-9(3)17-7)8(2)18-14(19)10-4-5-12(16)11(15)6-10/h4-6,8H,1-3H3,(H,18,19). The number of hydrogen-bond acceptors (Lipinski definition) is 3. The molecule has 1 atom stereocenters. The summed E-state index contributed by atoms with van der Waals surface area (Å²) in [6.45, 7) is 5.89. The van der Waals surface area contributed by atoms with Crippen LogP contribution in [0.4, 0.5) is 0 Å². The van der Waals surface area contributed by atoms with Crippen LogP contribution in [0.2, 0.25) is 5.02 Å². The summed E-state index contributed by atoms with van der Waals surface area (Å²) >= 11 is 9.79. The summed E-state index contributed by atoms with van der Waals surface area (Å²) < 4.78 is 0.933. The van der Waals surface area contributed by atoms with E-state index in [2.05, 4.69) is 32.9 Å². The zero-order valence-electron chi connectivity index (χ0n) is 11.3. The van der Waals surface area contributed by atoms with Gasteiger partial charge in [-0.25, -0.2) is 4.98 Å². The summed E-state index contributed by atoms with van der Waals surface area (Å²) in [5, 5.41) is 4.59. The second kappa shape index (κ2) is 6.41. The van der Waals surface area contributed by atoms with Gasteiger partial charge in [-0.3, -0.25) is 4.79 Å². The van der Waals surface area contributed by atoms with Gasteiger partial charge in [-0.15, -0.1) is 11.3 Å². The molecule has 0 aliphatic carbocycles. The van der Waals surface area contributed by atoms with Crippen LogP contribution in [-0.4, -0.2) is 10.9 Å². The molecule has 0 bridgehead atoms. The van der Waals surface area contributed by atoms with E-state index < -0.39 is 0 Å². The molecule has 1 amide bonds. The third-order valence-corrected chi connectivity index (χ3v) is 5.69. The minimum absolute atomic E-state index is 0.0632. The van der Waals surface area contributed by atoms with Crippen molar-refractivity contribution < 1.29 is 4.79 Å². The van der Waals surface area contributed by atoms with Crippen molar-refractivity contribution in [3.63, 3.8) is 0 Å². The number of hydrogen-bond donors (Lipinski definition) is 1. The average molecular weight is 421 g/mol. The number of aromatic nitrogens is 1. The van der Waals surface area contributed by atoms with E-state index in [9.17, 15) is 4.79 Å². The van der Waals surface area contributed by atoms with Gasteiger partial charge in [-0.05, 0) is 61.6 Å². The fourth-order valence-electron chi connectivity index (χ4n) is 1.93. The lowest BCUT2D eigenvalue weighted by Gasteiger charge is -2.13. The summed E-state index contributed by atoms with van der Waals surface area (Å²) in [5.41, 5.74) is 1.54. The molecule has 1 N–H and O–H groups in total. The van der Waals surface area contributed by atoms with Crippen LogP contribution in [0.15, 0.2) is 18.2 Å². The Morgan fingerprint density at radius 3 is 2.70 bits per heavy atom. The molecule has 3 nitrogen and oxygen atoms in total. The molecule has 0 fully saturated rings. The van der Waals surface area contributed by atoms with Crippen molar-refractivity contribution in [3.8, 4) is 0 Å². The van der Waals surface area contributed by atoms with Gasteiger partial charge in [0.2, 0.25) is 0 Å². The molecular weight excluding hydrogens is 407 g/mol. The molecule has 1 heterocycles. The van der Waals surface area contributed by atoms with Crippen molar-refractivity contribution in [2.75, 3.05) is 0 Å². The fourth-order valence-corrected chi connectivity index (χ4v) is 3.38. The number of thiazole rings is 1. The molecule has 6 heteroatoms. The molecule has 1 unspecified atom stereocenters. The fraction of sp³-hybridized carbons (Fsp3) is 0.286. The van der Waals surface area contributed by atoms with Crippen molar-refractivity contribution in [1.29, 1.82) is 0 Å². The molecule has 0 saturated heterocycles. The van der Waals surface area contributed by atoms with Crippen LogP contribution < -0.4 is 5.32 Å². The lowest BCUT2D eigenvalue weighted by atomic mass is 10.2. The maximum atomic E-state index is 12.2. The van der Waals surface area contributed by atoms with Gasteiger partial charge >= 0.3 is 0 Å². The second-order valence-corrected chi connectivity index (χ2v) is 7.31. The maximum Gasteiger partial charge on any atom is 0.251 e. The Labute approximate surface area is 140 Å². The predicted molar refractivity (Wildman–Crippen MR) is 91.6 cm³/mol. The Kier molecular flexibility index (Phi) is 5.04. The molecule has 106 valence electrons. The molecule has 20 heavy (non-hydrogen) atoms. The zero-order chi connectivity index (χ0) is 14.9. The van der Waals surface area contributed by atoms with E-state index >= 15 is 0 Å². The SMILES string of the molecule is Cc1nc(C)c(C(C)NC(=O)c2ccc(I)c(Cl)c2)s1. The quantitative estimate of drug-likeness (QED) is 0.742. The largest absolute Gasteiger partial charge is 0.345 e. The highest BCUT2D eigenvalue weighted by atomic mass is 127. The van der Waals surface area contributed by atoms with Crippen LogP contribution in [0.1, 0.15) is 38.9 Å². The molecule has 0 aliphatic rings. The van der Waals surface area contributed by atoms with E-state index in [0.717, 1.165) is 19.1 Å². The number of rotatable bonds is 3. The van der Waals surface area contributed by atoms with E-state index in [4.69, 9.17) is 11.6 Å². The lowest BCUT2D eigenvalue weighted by molar-refractivity contribution is 0.0940. The zero-order valence-corrected chi connectivity index (χ0v) is 15.1. The van der Waals surface area contributed by atoms with E-state index in [0.29, 0.717) is 10.6 Å². The second-order valence-electron chi connectivity index (χ2n) is 4.51. The topological polar surface area (TPSA) is 42.0 Å². The molecule has 1 aromatic heterocycles. The van der Waals surface area contributed by atoms with Gasteiger partial charge in [0.25, 0.3) is 5.91 Å². The smallest absolute Gasteiger partial charge is 0.251 e. The van der Waals surface area contributed by atoms with Crippen LogP contribution in [-0.2, 0) is 0 Å². The van der Waals surface area contributed by atoms with Gasteiger partial charge in [-0.2, -0.15) is 0 Å². The molecular formula is C14H14ClIN2OS. The number of amides is 1. The van der Waals surface area contributed by atoms with E-state index in [1.165, 1.54) is 0 Å². The minimum Gasteiger partial charge on any atom is -0.345 e. The Morgan fingerprint density at radius 2 is 2.15 bits per heavy atom. The van der Waals surface area contributed by atoms with Crippen molar-refractivity contribution in [3.05, 3.63) is 47.9 Å². The number of aryl methyl sites for hydroxylation is 2. The first-order chi connectivity index (χ1) is 9.38. The summed E-state index contributed by atoms with van der Waals surface area (Å²) in [4.78, 5) is 17.7. The molecule has 2 rings (SSSR count). The van der Waals surface area contributed by atoms with E-state index in [-0.39, 0.29) is 11.9 Å². The first-order valence-electron chi connectivity index (χ1n) is 6.08. The number of carbonyl (C=O) groups is 1. The predicted octanol–water partition coefficient (Wildman–Crippen LogP) is 4.51. The first-order valence-corrected chi connectivity index (χ1v) is 8.35. The first kappa shape index (κ1) is 15.7. The summed E-state index contributed by atoms with van der Waals surface area (Å²) in [5.74, 6) is -0.124. The molecule has 0 radical (unpaired) electrons. The monoisotopic (exact) mass is 420 g/mol. The highest BCUT2D eigenvalue weighted by Crippen LogP contribution is 2.25. The van der Waals surface area contributed by atoms with Crippen molar-refractivity contribution in [2.45, 2.75) is 26.8 Å². The minimum atomic E-state index is -0.124. The summed E-state index contributed by atoms with van der Waals surface area (Å²) in [6, 6.07) is 5.24. The van der Waals surface area contributed by atoms with Gasteiger partial charge < -0.3 is 5.32 Å². The number of carbonyl (C=O) groups excluding carboxylic acids is 1. The molecule has 1 aromatic carbocycles. The molecule has 0 saturated carbocycles. The van der Waals surface area contributed by atoms with Gasteiger partial charge in [0.05, 0.1) is 21.8 Å². The third kappa shape index (κ3) is 3.51. The van der Waals surface area contributed by atoms with Crippen LogP contribution in [0.3, 0.4) is 0 Å². The van der Waals surface area contributed by atoms with Crippen LogP contribution >= 0.6 is 45.5 Å². The van der Waals surface area contributed by atoms with Crippen LogP contribution in [0.5, 0.6) is 0 Å². The van der Waals surface area contributed by atoms with Gasteiger partial charge in [0, 0.05) is 14.0 Å².